The normalized spacial score (nSPS) is 11.4. The molecule has 31 heavy (non-hydrogen) atoms. The van der Waals surface area contributed by atoms with Gasteiger partial charge in [-0.05, 0) is 54.1 Å². The molecule has 0 aliphatic carbocycles. The summed E-state index contributed by atoms with van der Waals surface area (Å²) >= 11 is 5.98. The van der Waals surface area contributed by atoms with Gasteiger partial charge in [0.2, 0.25) is 10.0 Å². The molecule has 2 aromatic heterocycles. The highest BCUT2D eigenvalue weighted by atomic mass is 35.5. The van der Waals surface area contributed by atoms with E-state index in [0.29, 0.717) is 27.7 Å². The number of nitrogens with zero attached hydrogens (tertiary/aromatic N) is 2. The first-order chi connectivity index (χ1) is 14.8. The molecule has 8 nitrogen and oxygen atoms in total. The van der Waals surface area contributed by atoms with E-state index in [9.17, 15) is 13.2 Å². The second-order valence-electron chi connectivity index (χ2n) is 6.66. The molecule has 1 amide bonds. The maximum atomic E-state index is 12.7. The summed E-state index contributed by atoms with van der Waals surface area (Å²) in [4.78, 5) is 12.7. The van der Waals surface area contributed by atoms with Gasteiger partial charge < -0.3 is 9.73 Å². The van der Waals surface area contributed by atoms with Crippen LogP contribution in [0.1, 0.15) is 16.1 Å². The number of hydrogen-bond donors (Lipinski definition) is 2. The zero-order chi connectivity index (χ0) is 22.0. The van der Waals surface area contributed by atoms with Gasteiger partial charge in [0.05, 0.1) is 16.8 Å². The Labute approximate surface area is 183 Å². The molecule has 0 radical (unpaired) electrons. The van der Waals surface area contributed by atoms with Gasteiger partial charge in [-0.1, -0.05) is 23.7 Å². The Hall–Kier alpha value is -3.40. The van der Waals surface area contributed by atoms with E-state index in [1.165, 1.54) is 18.4 Å². The lowest BCUT2D eigenvalue weighted by Crippen LogP contribution is -2.23. The Balaban J connectivity index is 1.60. The molecule has 2 heterocycles. The van der Waals surface area contributed by atoms with Gasteiger partial charge in [0.1, 0.15) is 5.69 Å². The number of nitrogens with one attached hydrogen (secondary N) is 1. The quantitative estimate of drug-likeness (QED) is 0.461. The van der Waals surface area contributed by atoms with Gasteiger partial charge in [0.15, 0.2) is 11.5 Å². The van der Waals surface area contributed by atoms with E-state index >= 15 is 0 Å². The van der Waals surface area contributed by atoms with E-state index in [-0.39, 0.29) is 17.1 Å². The van der Waals surface area contributed by atoms with Crippen LogP contribution in [0.5, 0.6) is 0 Å². The first kappa shape index (κ1) is 20.9. The van der Waals surface area contributed by atoms with Crippen molar-refractivity contribution in [2.45, 2.75) is 11.4 Å². The summed E-state index contributed by atoms with van der Waals surface area (Å²) in [7, 11) is -3.83. The van der Waals surface area contributed by atoms with Crippen LogP contribution in [-0.2, 0) is 16.6 Å². The van der Waals surface area contributed by atoms with Crippen LogP contribution in [0.3, 0.4) is 0 Å². The average Bonchev–Trinajstić information content (AvgIpc) is 3.42. The van der Waals surface area contributed by atoms with Crippen LogP contribution >= 0.6 is 11.6 Å². The number of nitrogens with two attached hydrogens (primary N) is 1. The zero-order valence-electron chi connectivity index (χ0n) is 16.0. The van der Waals surface area contributed by atoms with Crippen LogP contribution in [0.25, 0.3) is 17.1 Å². The highest BCUT2D eigenvalue weighted by Gasteiger charge is 2.18. The standard InChI is InChI=1S/C21H17ClN4O4S/c22-15-6-8-16(9-7-15)26-19(20-5-2-10-30-20)12-18(25-26)21(27)24-13-14-3-1-4-17(11-14)31(23,28)29/h1-12H,13H2,(H,24,27)(H2,23,28,29). The SMILES string of the molecule is NS(=O)(=O)c1cccc(CNC(=O)c2cc(-c3ccco3)n(-c3ccc(Cl)cc3)n2)c1. The number of primary sulfonamides is 1. The summed E-state index contributed by atoms with van der Waals surface area (Å²) in [5.41, 5.74) is 2.05. The van der Waals surface area contributed by atoms with Crippen molar-refractivity contribution in [3.8, 4) is 17.1 Å². The average molecular weight is 457 g/mol. The zero-order valence-corrected chi connectivity index (χ0v) is 17.6. The van der Waals surface area contributed by atoms with E-state index in [1.54, 1.807) is 59.3 Å². The summed E-state index contributed by atoms with van der Waals surface area (Å²) in [5, 5.41) is 12.9. The van der Waals surface area contributed by atoms with Crippen LogP contribution in [0.4, 0.5) is 0 Å². The minimum Gasteiger partial charge on any atom is -0.463 e. The fourth-order valence-electron chi connectivity index (χ4n) is 2.98. The second kappa shape index (κ2) is 8.38. The van der Waals surface area contributed by atoms with Gasteiger partial charge in [-0.2, -0.15) is 5.10 Å². The molecule has 0 aliphatic heterocycles. The monoisotopic (exact) mass is 456 g/mol. The predicted molar refractivity (Wildman–Crippen MR) is 115 cm³/mol. The lowest BCUT2D eigenvalue weighted by atomic mass is 10.2. The molecule has 0 saturated carbocycles. The number of halogens is 1. The number of hydrogen-bond acceptors (Lipinski definition) is 5. The Morgan fingerprint density at radius 1 is 1.10 bits per heavy atom. The number of carbonyl (C=O) groups excluding carboxylic acids is 1. The molecule has 3 N–H and O–H groups in total. The topological polar surface area (TPSA) is 120 Å². The number of sulfonamides is 1. The number of amides is 1. The van der Waals surface area contributed by atoms with Gasteiger partial charge in [-0.3, -0.25) is 4.79 Å². The van der Waals surface area contributed by atoms with Crippen molar-refractivity contribution in [1.82, 2.24) is 15.1 Å². The number of benzene rings is 2. The molecule has 0 saturated heterocycles. The Morgan fingerprint density at radius 3 is 2.55 bits per heavy atom. The van der Waals surface area contributed by atoms with Crippen molar-refractivity contribution in [2.24, 2.45) is 5.14 Å². The van der Waals surface area contributed by atoms with Crippen molar-refractivity contribution in [1.29, 1.82) is 0 Å². The molecule has 10 heteroatoms. The van der Waals surface area contributed by atoms with E-state index in [0.717, 1.165) is 0 Å². The molecule has 4 rings (SSSR count). The maximum absolute atomic E-state index is 12.7. The largest absolute Gasteiger partial charge is 0.463 e. The molecule has 0 bridgehead atoms. The fourth-order valence-corrected chi connectivity index (χ4v) is 3.69. The third-order valence-corrected chi connectivity index (χ3v) is 5.63. The Morgan fingerprint density at radius 2 is 1.87 bits per heavy atom. The summed E-state index contributed by atoms with van der Waals surface area (Å²) in [6.07, 6.45) is 1.53. The predicted octanol–water partition coefficient (Wildman–Crippen LogP) is 3.36. The van der Waals surface area contributed by atoms with Gasteiger partial charge in [0, 0.05) is 17.6 Å². The van der Waals surface area contributed by atoms with E-state index < -0.39 is 15.9 Å². The first-order valence-corrected chi connectivity index (χ1v) is 11.0. The van der Waals surface area contributed by atoms with Crippen molar-refractivity contribution < 1.29 is 17.6 Å². The summed E-state index contributed by atoms with van der Waals surface area (Å²) in [6.45, 7) is 0.103. The van der Waals surface area contributed by atoms with Gasteiger partial charge >= 0.3 is 0 Å². The third kappa shape index (κ3) is 4.69. The molecular formula is C21H17ClN4O4S. The smallest absolute Gasteiger partial charge is 0.272 e. The van der Waals surface area contributed by atoms with Crippen LogP contribution in [0.2, 0.25) is 5.02 Å². The first-order valence-electron chi connectivity index (χ1n) is 9.11. The van der Waals surface area contributed by atoms with Crippen molar-refractivity contribution >= 4 is 27.5 Å². The summed E-state index contributed by atoms with van der Waals surface area (Å²) in [6, 6.07) is 18.2. The van der Waals surface area contributed by atoms with Crippen LogP contribution in [0.15, 0.2) is 82.3 Å². The number of rotatable bonds is 6. The molecular weight excluding hydrogens is 440 g/mol. The fraction of sp³-hybridized carbons (Fsp3) is 0.0476. The van der Waals surface area contributed by atoms with Gasteiger partial charge in [0.25, 0.3) is 5.91 Å². The molecule has 4 aromatic rings. The van der Waals surface area contributed by atoms with Crippen LogP contribution in [-0.4, -0.2) is 24.1 Å². The van der Waals surface area contributed by atoms with Crippen molar-refractivity contribution in [3.05, 3.63) is 89.3 Å². The molecule has 0 atom stereocenters. The van der Waals surface area contributed by atoms with Crippen LogP contribution in [0, 0.1) is 0 Å². The summed E-state index contributed by atoms with van der Waals surface area (Å²) < 4.78 is 30.1. The molecule has 0 unspecified atom stereocenters. The molecule has 2 aromatic carbocycles. The summed E-state index contributed by atoms with van der Waals surface area (Å²) in [5.74, 6) is 0.115. The van der Waals surface area contributed by atoms with Gasteiger partial charge in [-0.15, -0.1) is 0 Å². The van der Waals surface area contributed by atoms with Crippen molar-refractivity contribution in [3.63, 3.8) is 0 Å². The highest BCUT2D eigenvalue weighted by Crippen LogP contribution is 2.25. The van der Waals surface area contributed by atoms with Crippen molar-refractivity contribution in [2.75, 3.05) is 0 Å². The Kier molecular flexibility index (Phi) is 5.64. The minimum atomic E-state index is -3.83. The van der Waals surface area contributed by atoms with E-state index in [2.05, 4.69) is 10.4 Å². The number of aromatic nitrogens is 2. The molecule has 0 aliphatic rings. The lowest BCUT2D eigenvalue weighted by molar-refractivity contribution is 0.0945. The maximum Gasteiger partial charge on any atom is 0.272 e. The number of carbonyl (C=O) groups is 1. The van der Waals surface area contributed by atoms with E-state index in [1.807, 2.05) is 0 Å². The highest BCUT2D eigenvalue weighted by molar-refractivity contribution is 7.89. The minimum absolute atomic E-state index is 0.0219. The van der Waals surface area contributed by atoms with Crippen LogP contribution < -0.4 is 10.5 Å². The molecule has 0 fully saturated rings. The van der Waals surface area contributed by atoms with Gasteiger partial charge in [-0.25, -0.2) is 18.2 Å². The number of furan rings is 1. The second-order valence-corrected chi connectivity index (χ2v) is 8.65. The molecule has 0 spiro atoms. The van der Waals surface area contributed by atoms with E-state index in [4.69, 9.17) is 21.2 Å². The third-order valence-electron chi connectivity index (χ3n) is 4.47. The Bertz CT molecular complexity index is 1330. The molecule has 158 valence electrons. The lowest BCUT2D eigenvalue weighted by Gasteiger charge is -2.06.